The number of aliphatic imine (C=N–C) groups is 1. The van der Waals surface area contributed by atoms with Crippen molar-refractivity contribution in [1.29, 1.82) is 0 Å². The number of benzene rings is 3. The molecule has 0 spiro atoms. The van der Waals surface area contributed by atoms with Crippen molar-refractivity contribution >= 4 is 5.90 Å². The molecule has 30 heavy (non-hydrogen) atoms. The maximum Gasteiger partial charge on any atom is 0.416 e. The van der Waals surface area contributed by atoms with E-state index in [1.165, 1.54) is 23.3 Å². The minimum absolute atomic E-state index is 0.0531. The van der Waals surface area contributed by atoms with E-state index in [0.717, 1.165) is 25.0 Å². The molecule has 0 saturated carbocycles. The van der Waals surface area contributed by atoms with Crippen LogP contribution in [-0.2, 0) is 23.8 Å². The van der Waals surface area contributed by atoms with Crippen LogP contribution in [0.25, 0.3) is 0 Å². The molecule has 1 heterocycles. The molecule has 0 fully saturated rings. The lowest BCUT2D eigenvalue weighted by Crippen LogP contribution is -2.24. The Morgan fingerprint density at radius 2 is 1.33 bits per heavy atom. The van der Waals surface area contributed by atoms with Crippen molar-refractivity contribution in [2.45, 2.75) is 25.1 Å². The van der Waals surface area contributed by atoms with E-state index in [2.05, 4.69) is 24.3 Å². The van der Waals surface area contributed by atoms with Gasteiger partial charge in [-0.25, -0.2) is 4.99 Å². The molecule has 0 radical (unpaired) electrons. The van der Waals surface area contributed by atoms with Crippen LogP contribution in [0.2, 0.25) is 0 Å². The molecule has 1 aliphatic rings. The highest BCUT2D eigenvalue weighted by atomic mass is 19.4. The first-order valence-electron chi connectivity index (χ1n) is 9.95. The maximum atomic E-state index is 12.8. The summed E-state index contributed by atoms with van der Waals surface area (Å²) in [5, 5.41) is 0. The van der Waals surface area contributed by atoms with Crippen LogP contribution in [0.15, 0.2) is 89.9 Å². The quantitative estimate of drug-likeness (QED) is 0.493. The summed E-state index contributed by atoms with van der Waals surface area (Å²) < 4.78 is 44.3. The Morgan fingerprint density at radius 3 is 1.83 bits per heavy atom. The Morgan fingerprint density at radius 1 is 0.800 bits per heavy atom. The third-order valence-electron chi connectivity index (χ3n) is 5.36. The zero-order valence-electron chi connectivity index (χ0n) is 16.3. The van der Waals surface area contributed by atoms with Crippen molar-refractivity contribution in [3.05, 3.63) is 107 Å². The van der Waals surface area contributed by atoms with Gasteiger partial charge < -0.3 is 4.74 Å². The third kappa shape index (κ3) is 4.90. The average molecular weight is 409 g/mol. The fourth-order valence-electron chi connectivity index (χ4n) is 3.77. The van der Waals surface area contributed by atoms with E-state index in [-0.39, 0.29) is 12.0 Å². The smallest absolute Gasteiger partial charge is 0.416 e. The molecule has 3 aromatic rings. The Bertz CT molecular complexity index is 941. The number of halogens is 3. The predicted molar refractivity (Wildman–Crippen MR) is 112 cm³/mol. The summed E-state index contributed by atoms with van der Waals surface area (Å²) >= 11 is 0. The fraction of sp³-hybridized carbons (Fsp3) is 0.240. The molecule has 154 valence electrons. The summed E-state index contributed by atoms with van der Waals surface area (Å²) in [5.41, 5.74) is 2.37. The Balaban J connectivity index is 1.55. The van der Waals surface area contributed by atoms with Gasteiger partial charge >= 0.3 is 6.18 Å². The molecule has 2 nitrogen and oxygen atoms in total. The topological polar surface area (TPSA) is 21.6 Å². The summed E-state index contributed by atoms with van der Waals surface area (Å²) in [4.78, 5) is 4.76. The zero-order valence-corrected chi connectivity index (χ0v) is 16.3. The highest BCUT2D eigenvalue weighted by molar-refractivity contribution is 5.95. The minimum Gasteiger partial charge on any atom is -0.475 e. The van der Waals surface area contributed by atoms with E-state index >= 15 is 0 Å². The van der Waals surface area contributed by atoms with Gasteiger partial charge in [-0.15, -0.1) is 0 Å². The van der Waals surface area contributed by atoms with Gasteiger partial charge in [0.05, 0.1) is 11.6 Å². The minimum atomic E-state index is -4.35. The van der Waals surface area contributed by atoms with Crippen LogP contribution in [0.3, 0.4) is 0 Å². The lowest BCUT2D eigenvalue weighted by Gasteiger charge is -2.20. The van der Waals surface area contributed by atoms with Gasteiger partial charge in [-0.3, -0.25) is 0 Å². The molecule has 1 aliphatic heterocycles. The number of hydrogen-bond donors (Lipinski definition) is 0. The molecule has 0 N–H and O–H groups in total. The molecule has 0 amide bonds. The largest absolute Gasteiger partial charge is 0.475 e. The molecule has 1 atom stereocenters. The number of alkyl halides is 3. The molecule has 0 saturated heterocycles. The molecule has 4 rings (SSSR count). The van der Waals surface area contributed by atoms with Gasteiger partial charge in [-0.1, -0.05) is 60.7 Å². The second-order valence-corrected chi connectivity index (χ2v) is 7.53. The summed E-state index contributed by atoms with van der Waals surface area (Å²) in [6, 6.07) is 25.4. The van der Waals surface area contributed by atoms with Crippen LogP contribution in [0.1, 0.15) is 22.3 Å². The van der Waals surface area contributed by atoms with Crippen molar-refractivity contribution < 1.29 is 17.9 Å². The lowest BCUT2D eigenvalue weighted by atomic mass is 9.87. The summed E-state index contributed by atoms with van der Waals surface area (Å²) in [5.74, 6) is 0.640. The average Bonchev–Trinajstić information content (AvgIpc) is 3.25. The molecule has 0 aliphatic carbocycles. The number of ether oxygens (including phenoxy) is 1. The standard InChI is InChI=1S/C25H22F3NO/c26-25(27,28)22-13-11-20(12-14-22)24-29-23(17-30-24)21(15-18-7-3-1-4-8-18)16-19-9-5-2-6-10-19/h1-14,21,23H,15-17H2/t23-/m1/s1. The van der Waals surface area contributed by atoms with E-state index in [9.17, 15) is 13.2 Å². The highest BCUT2D eigenvalue weighted by Crippen LogP contribution is 2.30. The van der Waals surface area contributed by atoms with Gasteiger partial charge in [0.2, 0.25) is 5.90 Å². The van der Waals surface area contributed by atoms with E-state index in [0.29, 0.717) is 18.1 Å². The summed E-state index contributed by atoms with van der Waals surface area (Å²) in [7, 11) is 0. The zero-order chi connectivity index (χ0) is 21.0. The van der Waals surface area contributed by atoms with Crippen molar-refractivity contribution in [2.24, 2.45) is 10.9 Å². The van der Waals surface area contributed by atoms with Crippen LogP contribution in [0.5, 0.6) is 0 Å². The molecular formula is C25H22F3NO. The van der Waals surface area contributed by atoms with E-state index in [1.54, 1.807) is 0 Å². The SMILES string of the molecule is FC(F)(F)c1ccc(C2=N[C@@H](C(Cc3ccccc3)Cc3ccccc3)CO2)cc1. The number of nitrogens with zero attached hydrogens (tertiary/aromatic N) is 1. The molecule has 5 heteroatoms. The second-order valence-electron chi connectivity index (χ2n) is 7.53. The Hall–Kier alpha value is -3.08. The van der Waals surface area contributed by atoms with E-state index < -0.39 is 11.7 Å². The van der Waals surface area contributed by atoms with Gasteiger partial charge in [-0.2, -0.15) is 13.2 Å². The fourth-order valence-corrected chi connectivity index (χ4v) is 3.77. The number of rotatable bonds is 6. The number of hydrogen-bond acceptors (Lipinski definition) is 2. The van der Waals surface area contributed by atoms with Crippen molar-refractivity contribution in [2.75, 3.05) is 6.61 Å². The van der Waals surface area contributed by atoms with Crippen LogP contribution in [0, 0.1) is 5.92 Å². The van der Waals surface area contributed by atoms with Crippen molar-refractivity contribution in [3.8, 4) is 0 Å². The van der Waals surface area contributed by atoms with Crippen molar-refractivity contribution in [3.63, 3.8) is 0 Å². The molecule has 0 unspecified atom stereocenters. The van der Waals surface area contributed by atoms with Crippen LogP contribution in [-0.4, -0.2) is 18.5 Å². The first kappa shape index (κ1) is 20.2. The van der Waals surface area contributed by atoms with Crippen LogP contribution in [0.4, 0.5) is 13.2 Å². The summed E-state index contributed by atoms with van der Waals surface area (Å²) in [6.45, 7) is 0.431. The van der Waals surface area contributed by atoms with Crippen LogP contribution >= 0.6 is 0 Å². The normalized spacial score (nSPS) is 16.4. The van der Waals surface area contributed by atoms with Gasteiger partial charge in [0.15, 0.2) is 0 Å². The Labute approximate surface area is 174 Å². The molecule has 3 aromatic carbocycles. The Kier molecular flexibility index (Phi) is 5.88. The predicted octanol–water partition coefficient (Wildman–Crippen LogP) is 5.95. The monoisotopic (exact) mass is 409 g/mol. The molecule has 0 aromatic heterocycles. The van der Waals surface area contributed by atoms with Crippen LogP contribution < -0.4 is 0 Å². The van der Waals surface area contributed by atoms with Gasteiger partial charge in [0, 0.05) is 5.56 Å². The van der Waals surface area contributed by atoms with Gasteiger partial charge in [-0.05, 0) is 54.2 Å². The second kappa shape index (κ2) is 8.74. The highest BCUT2D eigenvalue weighted by Gasteiger charge is 2.31. The first-order chi connectivity index (χ1) is 14.5. The van der Waals surface area contributed by atoms with E-state index in [4.69, 9.17) is 9.73 Å². The van der Waals surface area contributed by atoms with Gasteiger partial charge in [0.25, 0.3) is 0 Å². The van der Waals surface area contributed by atoms with Gasteiger partial charge in [0.1, 0.15) is 6.61 Å². The summed E-state index contributed by atoms with van der Waals surface area (Å²) in [6.07, 6.45) is -2.64. The lowest BCUT2D eigenvalue weighted by molar-refractivity contribution is -0.137. The maximum absolute atomic E-state index is 12.8. The van der Waals surface area contributed by atoms with E-state index in [1.807, 2.05) is 36.4 Å². The molecule has 0 bridgehead atoms. The molecular weight excluding hydrogens is 387 g/mol. The first-order valence-corrected chi connectivity index (χ1v) is 9.95. The van der Waals surface area contributed by atoms with Crippen molar-refractivity contribution in [1.82, 2.24) is 0 Å². The third-order valence-corrected chi connectivity index (χ3v) is 5.36.